The smallest absolute Gasteiger partial charge is 0.270 e. The molecule has 0 bridgehead atoms. The Balaban J connectivity index is 1.46. The Bertz CT molecular complexity index is 1190. The first-order valence-electron chi connectivity index (χ1n) is 12.4. The molecule has 0 fully saturated rings. The molecule has 2 aliphatic heterocycles. The summed E-state index contributed by atoms with van der Waals surface area (Å²) in [6, 6.07) is 14.6. The summed E-state index contributed by atoms with van der Waals surface area (Å²) < 4.78 is 0. The van der Waals surface area contributed by atoms with Crippen molar-refractivity contribution in [2.45, 2.75) is 52.0 Å². The normalized spacial score (nSPS) is 16.1. The van der Waals surface area contributed by atoms with E-state index in [0.29, 0.717) is 29.7 Å². The van der Waals surface area contributed by atoms with E-state index in [1.807, 2.05) is 48.5 Å². The number of amides is 3. The molecule has 8 nitrogen and oxygen atoms in total. The van der Waals surface area contributed by atoms with Gasteiger partial charge in [0.2, 0.25) is 11.8 Å². The molecule has 36 heavy (non-hydrogen) atoms. The molecule has 2 N–H and O–H groups in total. The van der Waals surface area contributed by atoms with E-state index < -0.39 is 6.04 Å². The molecule has 2 heterocycles. The molecular formula is C27H31N5O3S. The number of unbranched alkanes of at least 4 members (excludes halogenated alkanes) is 1. The first kappa shape index (κ1) is 25.6. The van der Waals surface area contributed by atoms with Crippen LogP contribution < -0.4 is 10.6 Å². The lowest BCUT2D eigenvalue weighted by molar-refractivity contribution is -0.122. The van der Waals surface area contributed by atoms with Crippen molar-refractivity contribution in [1.82, 2.24) is 10.2 Å². The van der Waals surface area contributed by atoms with Crippen LogP contribution >= 0.6 is 11.8 Å². The maximum absolute atomic E-state index is 12.9. The number of hydrogen-bond acceptors (Lipinski definition) is 6. The number of benzene rings is 2. The van der Waals surface area contributed by atoms with E-state index in [1.54, 1.807) is 4.90 Å². The number of hydrogen-bond donors (Lipinski definition) is 2. The standard InChI is InChI=1S/C27H31N5O3S/c1-3-5-16-28-23(33)15-14-22-26(35)31-25-20-8-6-7-9-21(20)30-27(32(22)25)36-17-24(34)29-19-12-10-18(4-2)11-13-19/h6-13,22H,3-5,14-17H2,1-2H3,(H,28,33)(H,29,34). The number of amidine groups is 2. The number of aryl methyl sites for hydroxylation is 1. The molecule has 1 atom stereocenters. The number of rotatable bonds is 10. The number of nitrogens with one attached hydrogen (secondary N) is 2. The number of aliphatic imine (C=N–C) groups is 2. The van der Waals surface area contributed by atoms with Crippen LogP contribution in [-0.4, -0.2) is 52.0 Å². The Kier molecular flexibility index (Phi) is 8.53. The molecule has 0 radical (unpaired) electrons. The van der Waals surface area contributed by atoms with Crippen LogP contribution in [0.25, 0.3) is 0 Å². The number of para-hydroxylation sites is 1. The fourth-order valence-corrected chi connectivity index (χ4v) is 4.94. The largest absolute Gasteiger partial charge is 0.356 e. The van der Waals surface area contributed by atoms with Gasteiger partial charge in [0.15, 0.2) is 5.17 Å². The molecule has 0 saturated carbocycles. The molecule has 9 heteroatoms. The van der Waals surface area contributed by atoms with Crippen LogP contribution in [0, 0.1) is 0 Å². The second kappa shape index (κ2) is 12.0. The van der Waals surface area contributed by atoms with E-state index >= 15 is 0 Å². The van der Waals surface area contributed by atoms with Gasteiger partial charge in [-0.25, -0.2) is 4.99 Å². The fourth-order valence-electron chi connectivity index (χ4n) is 4.09. The van der Waals surface area contributed by atoms with Crippen LogP contribution in [0.5, 0.6) is 0 Å². The second-order valence-corrected chi connectivity index (χ2v) is 9.64. The number of carbonyl (C=O) groups excluding carboxylic acids is 3. The lowest BCUT2D eigenvalue weighted by Crippen LogP contribution is -2.44. The number of nitrogens with zero attached hydrogens (tertiary/aromatic N) is 3. The Hall–Kier alpha value is -3.46. The van der Waals surface area contributed by atoms with Crippen molar-refractivity contribution in [3.05, 3.63) is 59.7 Å². The van der Waals surface area contributed by atoms with Crippen molar-refractivity contribution >= 4 is 51.9 Å². The van der Waals surface area contributed by atoms with Crippen LogP contribution in [0.4, 0.5) is 11.4 Å². The molecule has 0 aromatic heterocycles. The minimum absolute atomic E-state index is 0.0817. The van der Waals surface area contributed by atoms with Crippen LogP contribution in [0.3, 0.4) is 0 Å². The summed E-state index contributed by atoms with van der Waals surface area (Å²) in [7, 11) is 0. The summed E-state index contributed by atoms with van der Waals surface area (Å²) in [5.41, 5.74) is 3.41. The Morgan fingerprint density at radius 2 is 1.81 bits per heavy atom. The van der Waals surface area contributed by atoms with Crippen molar-refractivity contribution in [2.75, 3.05) is 17.6 Å². The SMILES string of the molecule is CCCCNC(=O)CCC1C(=O)N=C2c3ccccc3N=C(SCC(=O)Nc3ccc(CC)cc3)N21. The van der Waals surface area contributed by atoms with Gasteiger partial charge in [0.1, 0.15) is 11.9 Å². The van der Waals surface area contributed by atoms with Crippen LogP contribution in [-0.2, 0) is 20.8 Å². The van der Waals surface area contributed by atoms with Crippen LogP contribution in [0.1, 0.15) is 50.7 Å². The summed E-state index contributed by atoms with van der Waals surface area (Å²) >= 11 is 1.26. The summed E-state index contributed by atoms with van der Waals surface area (Å²) in [6.07, 6.45) is 3.39. The Labute approximate surface area is 215 Å². The predicted octanol–water partition coefficient (Wildman–Crippen LogP) is 4.28. The molecule has 3 amide bonds. The fraction of sp³-hybridized carbons (Fsp3) is 0.370. The van der Waals surface area contributed by atoms with Gasteiger partial charge in [0.25, 0.3) is 5.91 Å². The van der Waals surface area contributed by atoms with Crippen LogP contribution in [0.2, 0.25) is 0 Å². The van der Waals surface area contributed by atoms with E-state index in [0.717, 1.165) is 30.5 Å². The van der Waals surface area contributed by atoms with Crippen molar-refractivity contribution in [2.24, 2.45) is 9.98 Å². The Morgan fingerprint density at radius 1 is 1.03 bits per heavy atom. The molecule has 2 aliphatic rings. The van der Waals surface area contributed by atoms with E-state index in [2.05, 4.69) is 29.5 Å². The first-order valence-corrected chi connectivity index (χ1v) is 13.4. The summed E-state index contributed by atoms with van der Waals surface area (Å²) in [5, 5.41) is 6.34. The van der Waals surface area contributed by atoms with E-state index in [9.17, 15) is 14.4 Å². The number of fused-ring (bicyclic) bond motifs is 3. The van der Waals surface area contributed by atoms with Gasteiger partial charge < -0.3 is 10.6 Å². The highest BCUT2D eigenvalue weighted by molar-refractivity contribution is 8.14. The third-order valence-corrected chi connectivity index (χ3v) is 7.04. The third-order valence-electron chi connectivity index (χ3n) is 6.08. The topological polar surface area (TPSA) is 103 Å². The monoisotopic (exact) mass is 505 g/mol. The average molecular weight is 506 g/mol. The molecule has 0 spiro atoms. The lowest BCUT2D eigenvalue weighted by atomic mass is 10.1. The highest BCUT2D eigenvalue weighted by Crippen LogP contribution is 2.35. The molecule has 188 valence electrons. The summed E-state index contributed by atoms with van der Waals surface area (Å²) in [6.45, 7) is 4.78. The van der Waals surface area contributed by atoms with Gasteiger partial charge in [0, 0.05) is 24.2 Å². The molecule has 2 aromatic rings. The Morgan fingerprint density at radius 3 is 2.56 bits per heavy atom. The van der Waals surface area contributed by atoms with Crippen molar-refractivity contribution in [3.63, 3.8) is 0 Å². The molecule has 4 rings (SSSR count). The molecule has 1 unspecified atom stereocenters. The van der Waals surface area contributed by atoms with E-state index in [-0.39, 0.29) is 29.9 Å². The van der Waals surface area contributed by atoms with Crippen molar-refractivity contribution in [3.8, 4) is 0 Å². The maximum atomic E-state index is 12.9. The molecule has 0 saturated heterocycles. The highest BCUT2D eigenvalue weighted by Gasteiger charge is 2.41. The first-order chi connectivity index (χ1) is 17.5. The molecule has 2 aromatic carbocycles. The highest BCUT2D eigenvalue weighted by atomic mass is 32.2. The van der Waals surface area contributed by atoms with Crippen molar-refractivity contribution < 1.29 is 14.4 Å². The van der Waals surface area contributed by atoms with E-state index in [1.165, 1.54) is 17.3 Å². The van der Waals surface area contributed by atoms with Gasteiger partial charge in [-0.05, 0) is 49.1 Å². The quantitative estimate of drug-likeness (QED) is 0.469. The van der Waals surface area contributed by atoms with Crippen LogP contribution in [0.15, 0.2) is 58.5 Å². The zero-order valence-electron chi connectivity index (χ0n) is 20.6. The van der Waals surface area contributed by atoms with Gasteiger partial charge in [-0.1, -0.05) is 56.3 Å². The maximum Gasteiger partial charge on any atom is 0.270 e. The van der Waals surface area contributed by atoms with E-state index in [4.69, 9.17) is 4.99 Å². The minimum Gasteiger partial charge on any atom is -0.356 e. The zero-order chi connectivity index (χ0) is 25.5. The summed E-state index contributed by atoms with van der Waals surface area (Å²) in [5.74, 6) is 0.110. The lowest BCUT2D eigenvalue weighted by Gasteiger charge is -2.31. The third kappa shape index (κ3) is 6.02. The van der Waals surface area contributed by atoms with Gasteiger partial charge >= 0.3 is 0 Å². The predicted molar refractivity (Wildman–Crippen MR) is 145 cm³/mol. The van der Waals surface area contributed by atoms with Gasteiger partial charge in [0.05, 0.1) is 11.4 Å². The molecular weight excluding hydrogens is 474 g/mol. The second-order valence-electron chi connectivity index (χ2n) is 8.70. The van der Waals surface area contributed by atoms with Gasteiger partial charge in [-0.15, -0.1) is 0 Å². The summed E-state index contributed by atoms with van der Waals surface area (Å²) in [4.78, 5) is 48.7. The van der Waals surface area contributed by atoms with Gasteiger partial charge in [-0.3, -0.25) is 19.3 Å². The molecule has 0 aliphatic carbocycles. The van der Waals surface area contributed by atoms with Gasteiger partial charge in [-0.2, -0.15) is 4.99 Å². The van der Waals surface area contributed by atoms with Crippen molar-refractivity contribution in [1.29, 1.82) is 0 Å². The number of carbonyl (C=O) groups is 3. The minimum atomic E-state index is -0.624. The zero-order valence-corrected chi connectivity index (χ0v) is 21.4. The number of anilines is 1. The average Bonchev–Trinajstić information content (AvgIpc) is 3.23. The number of thioether (sulfide) groups is 1.